The summed E-state index contributed by atoms with van der Waals surface area (Å²) < 4.78 is 12.2. The van der Waals surface area contributed by atoms with Gasteiger partial charge in [0.05, 0.1) is 13.7 Å². The van der Waals surface area contributed by atoms with Crippen LogP contribution in [0.15, 0.2) is 77.4 Å². The maximum Gasteiger partial charge on any atom is 0.156 e. The molecule has 0 spiro atoms. The molecule has 1 N–H and O–H groups in total. The van der Waals surface area contributed by atoms with Crippen molar-refractivity contribution in [2.75, 3.05) is 13.7 Å². The summed E-state index contributed by atoms with van der Waals surface area (Å²) in [7, 11) is 1.67. The van der Waals surface area contributed by atoms with Crippen LogP contribution in [-0.2, 0) is 9.53 Å². The van der Waals surface area contributed by atoms with Crippen LogP contribution in [0.5, 0.6) is 5.75 Å². The molecular formula is C33H34O4. The molecule has 2 aromatic carbocycles. The van der Waals surface area contributed by atoms with E-state index in [2.05, 4.69) is 30.9 Å². The number of aliphatic hydroxyl groups is 1. The molecule has 0 amide bonds. The molecule has 4 aliphatic rings. The van der Waals surface area contributed by atoms with Gasteiger partial charge in [0.1, 0.15) is 17.5 Å². The minimum absolute atomic E-state index is 0.212. The first kappa shape index (κ1) is 24.2. The topological polar surface area (TPSA) is 55.8 Å². The summed E-state index contributed by atoms with van der Waals surface area (Å²) in [5, 5.41) is 12.1. The Morgan fingerprint density at radius 1 is 1.03 bits per heavy atom. The summed E-state index contributed by atoms with van der Waals surface area (Å²) in [5.41, 5.74) is 4.19. The van der Waals surface area contributed by atoms with Crippen LogP contribution in [0.2, 0.25) is 0 Å². The van der Waals surface area contributed by atoms with Crippen LogP contribution < -0.4 is 4.74 Å². The van der Waals surface area contributed by atoms with Gasteiger partial charge in [-0.2, -0.15) is 0 Å². The molecule has 1 aliphatic heterocycles. The molecule has 4 nitrogen and oxygen atoms in total. The van der Waals surface area contributed by atoms with Crippen molar-refractivity contribution in [3.63, 3.8) is 0 Å². The van der Waals surface area contributed by atoms with Gasteiger partial charge in [0, 0.05) is 17.4 Å². The van der Waals surface area contributed by atoms with Gasteiger partial charge < -0.3 is 14.6 Å². The molecule has 0 radical (unpaired) electrons. The highest BCUT2D eigenvalue weighted by Gasteiger charge is 2.61. The van der Waals surface area contributed by atoms with Gasteiger partial charge in [-0.3, -0.25) is 4.79 Å². The van der Waals surface area contributed by atoms with Crippen molar-refractivity contribution >= 4 is 5.78 Å². The van der Waals surface area contributed by atoms with Crippen LogP contribution in [0.25, 0.3) is 0 Å². The molecule has 37 heavy (non-hydrogen) atoms. The number of hydrogen-bond acceptors (Lipinski definition) is 4. The highest BCUT2D eigenvalue weighted by atomic mass is 16.5. The van der Waals surface area contributed by atoms with E-state index in [-0.39, 0.29) is 23.7 Å². The smallest absolute Gasteiger partial charge is 0.156 e. The summed E-state index contributed by atoms with van der Waals surface area (Å²) in [5.74, 6) is 8.14. The summed E-state index contributed by atoms with van der Waals surface area (Å²) in [6, 6.07) is 18.0. The molecule has 6 rings (SSSR count). The number of carbonyl (C=O) groups is 1. The van der Waals surface area contributed by atoms with E-state index in [1.807, 2.05) is 48.5 Å². The average molecular weight is 495 g/mol. The van der Waals surface area contributed by atoms with Gasteiger partial charge in [0.25, 0.3) is 0 Å². The molecule has 2 fully saturated rings. The van der Waals surface area contributed by atoms with Gasteiger partial charge in [0.2, 0.25) is 0 Å². The number of methoxy groups -OCH3 is 1. The normalized spacial score (nSPS) is 32.8. The molecule has 2 aromatic rings. The van der Waals surface area contributed by atoms with Crippen LogP contribution in [0.4, 0.5) is 0 Å². The second-order valence-corrected chi connectivity index (χ2v) is 11.2. The second-order valence-electron chi connectivity index (χ2n) is 11.2. The lowest BCUT2D eigenvalue weighted by atomic mass is 9.61. The zero-order valence-corrected chi connectivity index (χ0v) is 21.6. The number of allylic oxidation sites excluding steroid dienone is 3. The molecule has 0 aromatic heterocycles. The van der Waals surface area contributed by atoms with Crippen molar-refractivity contribution in [1.82, 2.24) is 0 Å². The van der Waals surface area contributed by atoms with Gasteiger partial charge in [-0.1, -0.05) is 49.1 Å². The fourth-order valence-corrected chi connectivity index (χ4v) is 7.23. The maximum absolute atomic E-state index is 12.3. The first-order valence-corrected chi connectivity index (χ1v) is 13.4. The first-order valence-electron chi connectivity index (χ1n) is 13.4. The number of ketones is 1. The molecule has 5 atom stereocenters. The molecule has 3 aliphatic carbocycles. The first-order chi connectivity index (χ1) is 17.9. The van der Waals surface area contributed by atoms with Crippen molar-refractivity contribution in [3.05, 3.63) is 88.5 Å². The van der Waals surface area contributed by atoms with Crippen molar-refractivity contribution in [3.8, 4) is 17.6 Å². The lowest BCUT2D eigenvalue weighted by molar-refractivity contribution is -0.114. The Hall–Kier alpha value is -3.13. The highest BCUT2D eigenvalue weighted by molar-refractivity contribution is 5.93. The molecule has 2 unspecified atom stereocenters. The largest absolute Gasteiger partial charge is 0.497 e. The van der Waals surface area contributed by atoms with E-state index in [1.54, 1.807) is 7.11 Å². The fourth-order valence-electron chi connectivity index (χ4n) is 7.23. The number of rotatable bonds is 2. The van der Waals surface area contributed by atoms with Gasteiger partial charge >= 0.3 is 0 Å². The summed E-state index contributed by atoms with van der Waals surface area (Å²) in [4.78, 5) is 12.3. The number of carbonyl (C=O) groups excluding carboxylic acids is 1. The van der Waals surface area contributed by atoms with E-state index < -0.39 is 11.0 Å². The van der Waals surface area contributed by atoms with Crippen molar-refractivity contribution in [2.24, 2.45) is 17.3 Å². The zero-order chi connectivity index (χ0) is 25.6. The van der Waals surface area contributed by atoms with Gasteiger partial charge in [0.15, 0.2) is 5.78 Å². The molecule has 190 valence electrons. The molecule has 1 saturated heterocycles. The van der Waals surface area contributed by atoms with E-state index in [0.717, 1.165) is 42.6 Å². The Bertz CT molecular complexity index is 1330. The van der Waals surface area contributed by atoms with E-state index in [0.29, 0.717) is 19.4 Å². The third-order valence-electron chi connectivity index (χ3n) is 9.32. The third-order valence-corrected chi connectivity index (χ3v) is 9.32. The molecular weight excluding hydrogens is 460 g/mol. The van der Waals surface area contributed by atoms with Crippen LogP contribution in [0, 0.1) is 29.1 Å². The van der Waals surface area contributed by atoms with Crippen LogP contribution >= 0.6 is 0 Å². The lowest BCUT2D eigenvalue weighted by Gasteiger charge is -2.42. The van der Waals surface area contributed by atoms with Crippen molar-refractivity contribution in [1.29, 1.82) is 0 Å². The van der Waals surface area contributed by atoms with Crippen LogP contribution in [0.1, 0.15) is 62.7 Å². The molecule has 1 heterocycles. The van der Waals surface area contributed by atoms with Crippen LogP contribution in [-0.4, -0.2) is 30.2 Å². The van der Waals surface area contributed by atoms with Gasteiger partial charge in [-0.05, 0) is 96.6 Å². The molecule has 1 saturated carbocycles. The minimum atomic E-state index is -1.13. The Kier molecular flexibility index (Phi) is 6.10. The Morgan fingerprint density at radius 3 is 2.57 bits per heavy atom. The third kappa shape index (κ3) is 4.06. The standard InChI is InChI=1S/C33H34O4/c1-32-21-37-31(23-8-12-26(36-2)13-9-23)30-27-15-11-25(34)20-24(27)10-14-28(30)29(32)17-19-33(32,35)18-16-22-6-4-3-5-7-22/h3-9,12-13,20,28-29,31,35H,10-11,14-15,17,19,21H2,1-2H3/t28?,29?,31-,32-,33-/m0/s1. The minimum Gasteiger partial charge on any atom is -0.497 e. The summed E-state index contributed by atoms with van der Waals surface area (Å²) >= 11 is 0. The Morgan fingerprint density at radius 2 is 1.81 bits per heavy atom. The Balaban J connectivity index is 1.45. The lowest BCUT2D eigenvalue weighted by Crippen LogP contribution is -2.48. The quantitative estimate of drug-likeness (QED) is 0.524. The monoisotopic (exact) mass is 494 g/mol. The van der Waals surface area contributed by atoms with Crippen molar-refractivity contribution < 1.29 is 19.4 Å². The van der Waals surface area contributed by atoms with Gasteiger partial charge in [-0.15, -0.1) is 0 Å². The molecule has 0 bridgehead atoms. The highest BCUT2D eigenvalue weighted by Crippen LogP contribution is 2.61. The summed E-state index contributed by atoms with van der Waals surface area (Å²) in [6.07, 6.45) is 6.41. The van der Waals surface area contributed by atoms with Crippen molar-refractivity contribution in [2.45, 2.75) is 57.2 Å². The second kappa shape index (κ2) is 9.31. The number of hydrogen-bond donors (Lipinski definition) is 1. The number of benzene rings is 2. The van der Waals surface area contributed by atoms with Crippen LogP contribution in [0.3, 0.4) is 0 Å². The SMILES string of the molecule is COc1ccc([C@@H]2OC[C@@]3(C)C(CC[C@@]3(O)C#Cc3ccccc3)C3CCC4=CC(=O)CCC4=C32)cc1. The van der Waals surface area contributed by atoms with E-state index in [1.165, 1.54) is 16.7 Å². The predicted octanol–water partition coefficient (Wildman–Crippen LogP) is 5.96. The Labute approximate surface area is 219 Å². The van der Waals surface area contributed by atoms with E-state index in [4.69, 9.17) is 9.47 Å². The summed E-state index contributed by atoms with van der Waals surface area (Å²) in [6.45, 7) is 2.61. The number of fused-ring (bicyclic) bond motifs is 4. The molecule has 4 heteroatoms. The average Bonchev–Trinajstić information content (AvgIpc) is 3.10. The maximum atomic E-state index is 12.3. The van der Waals surface area contributed by atoms with E-state index in [9.17, 15) is 9.90 Å². The fraction of sp³-hybridized carbons (Fsp3) is 0.424. The van der Waals surface area contributed by atoms with Gasteiger partial charge in [-0.25, -0.2) is 0 Å². The zero-order valence-electron chi connectivity index (χ0n) is 21.6. The predicted molar refractivity (Wildman–Crippen MR) is 143 cm³/mol. The number of ether oxygens (including phenoxy) is 2. The van der Waals surface area contributed by atoms with E-state index >= 15 is 0 Å².